The number of hydrogen-bond acceptors (Lipinski definition) is 3. The van der Waals surface area contributed by atoms with Crippen molar-refractivity contribution in [1.82, 2.24) is 0 Å². The monoisotopic (exact) mass is 296 g/mol. The van der Waals surface area contributed by atoms with Crippen LogP contribution in [0.5, 0.6) is 0 Å². The molecule has 0 saturated carbocycles. The number of benzene rings is 1. The summed E-state index contributed by atoms with van der Waals surface area (Å²) in [5.74, 6) is -1.13. The molecule has 0 aliphatic heterocycles. The van der Waals surface area contributed by atoms with Crippen LogP contribution in [0.1, 0.15) is 10.4 Å². The van der Waals surface area contributed by atoms with Gasteiger partial charge in [-0.1, -0.05) is 23.7 Å². The smallest absolute Gasteiger partial charge is 0.338 e. The molecule has 2 aromatic rings. The van der Waals surface area contributed by atoms with Gasteiger partial charge in [0.15, 0.2) is 0 Å². The van der Waals surface area contributed by atoms with Gasteiger partial charge in [-0.2, -0.15) is 0 Å². The zero-order valence-electron chi connectivity index (χ0n) is 9.51. The van der Waals surface area contributed by atoms with E-state index in [9.17, 15) is 9.59 Å². The first-order valence-electron chi connectivity index (χ1n) is 5.17. The van der Waals surface area contributed by atoms with Gasteiger partial charge in [0.1, 0.15) is 5.00 Å². The van der Waals surface area contributed by atoms with Gasteiger partial charge in [0.05, 0.1) is 5.56 Å². The van der Waals surface area contributed by atoms with Crippen molar-refractivity contribution >= 4 is 39.9 Å². The van der Waals surface area contributed by atoms with Crippen molar-refractivity contribution in [2.24, 2.45) is 5.73 Å². The lowest BCUT2D eigenvalue weighted by molar-refractivity contribution is 0.0698. The minimum absolute atomic E-state index is 0.00113. The van der Waals surface area contributed by atoms with Gasteiger partial charge in [-0.15, -0.1) is 11.3 Å². The quantitative estimate of drug-likeness (QED) is 0.811. The summed E-state index contributed by atoms with van der Waals surface area (Å²) in [5.41, 5.74) is 5.78. The molecule has 0 fully saturated rings. The number of carbonyl (C=O) groups is 2. The number of carboxylic acids is 1. The zero-order valence-corrected chi connectivity index (χ0v) is 11.1. The first-order valence-corrected chi connectivity index (χ1v) is 6.36. The minimum atomic E-state index is -1.13. The Labute approximate surface area is 117 Å². The molecular weight excluding hydrogens is 288 g/mol. The van der Waals surface area contributed by atoms with Crippen LogP contribution >= 0.6 is 22.9 Å². The van der Waals surface area contributed by atoms with Crippen molar-refractivity contribution in [1.29, 1.82) is 0 Å². The van der Waals surface area contributed by atoms with E-state index < -0.39 is 12.0 Å². The maximum Gasteiger partial charge on any atom is 0.338 e. The Balaban J connectivity index is 2.48. The summed E-state index contributed by atoms with van der Waals surface area (Å²) in [6.45, 7) is 0. The van der Waals surface area contributed by atoms with E-state index in [1.807, 2.05) is 0 Å². The Kier molecular flexibility index (Phi) is 3.73. The van der Waals surface area contributed by atoms with Crippen LogP contribution in [0, 0.1) is 0 Å². The topological polar surface area (TPSA) is 92.4 Å². The number of thiophene rings is 1. The maximum atomic E-state index is 11.1. The first kappa shape index (κ1) is 13.4. The predicted octanol–water partition coefficient (Wildman–Crippen LogP) is 3.26. The molecule has 0 spiro atoms. The highest BCUT2D eigenvalue weighted by Gasteiger charge is 2.17. The highest BCUT2D eigenvalue weighted by atomic mass is 35.5. The van der Waals surface area contributed by atoms with Gasteiger partial charge in [0.2, 0.25) is 0 Å². The minimum Gasteiger partial charge on any atom is -0.478 e. The van der Waals surface area contributed by atoms with Gasteiger partial charge < -0.3 is 10.8 Å². The molecule has 2 amide bonds. The highest BCUT2D eigenvalue weighted by Crippen LogP contribution is 2.36. The third-order valence-electron chi connectivity index (χ3n) is 2.31. The van der Waals surface area contributed by atoms with E-state index in [1.165, 1.54) is 6.07 Å². The third kappa shape index (κ3) is 3.04. The normalized spacial score (nSPS) is 10.2. The largest absolute Gasteiger partial charge is 0.478 e. The average Bonchev–Trinajstić information content (AvgIpc) is 2.72. The Morgan fingerprint density at radius 3 is 2.63 bits per heavy atom. The lowest BCUT2D eigenvalue weighted by atomic mass is 10.1. The molecule has 98 valence electrons. The first-order chi connectivity index (χ1) is 8.97. The lowest BCUT2D eigenvalue weighted by Crippen LogP contribution is -2.19. The predicted molar refractivity (Wildman–Crippen MR) is 74.9 cm³/mol. The number of halogens is 1. The lowest BCUT2D eigenvalue weighted by Gasteiger charge is -1.98. The summed E-state index contributed by atoms with van der Waals surface area (Å²) < 4.78 is 0. The molecule has 5 nitrogen and oxygen atoms in total. The van der Waals surface area contributed by atoms with Crippen LogP contribution in [-0.4, -0.2) is 17.1 Å². The fourth-order valence-corrected chi connectivity index (χ4v) is 2.78. The van der Waals surface area contributed by atoms with Crippen LogP contribution in [0.25, 0.3) is 10.4 Å². The number of urea groups is 1. The molecule has 2 rings (SSSR count). The van der Waals surface area contributed by atoms with Crippen LogP contribution in [-0.2, 0) is 0 Å². The molecule has 4 N–H and O–H groups in total. The number of nitrogens with one attached hydrogen (secondary N) is 1. The van der Waals surface area contributed by atoms with E-state index in [2.05, 4.69) is 5.32 Å². The van der Waals surface area contributed by atoms with Crippen molar-refractivity contribution in [3.05, 3.63) is 40.9 Å². The summed E-state index contributed by atoms with van der Waals surface area (Å²) >= 11 is 7.01. The van der Waals surface area contributed by atoms with E-state index in [4.69, 9.17) is 22.4 Å². The zero-order chi connectivity index (χ0) is 14.0. The molecule has 1 heterocycles. The van der Waals surface area contributed by atoms with Crippen LogP contribution < -0.4 is 11.1 Å². The van der Waals surface area contributed by atoms with Crippen LogP contribution in [0.3, 0.4) is 0 Å². The number of nitrogens with two attached hydrogens (primary N) is 1. The standard InChI is InChI=1S/C12H9ClN2O3S/c13-7-3-1-2-6(4-7)9-5-8(11(16)17)10(19-9)15-12(14)18/h1-5H,(H,16,17)(H3,14,15,18). The van der Waals surface area contributed by atoms with Gasteiger partial charge in [-0.25, -0.2) is 9.59 Å². The van der Waals surface area contributed by atoms with Crippen LogP contribution in [0.15, 0.2) is 30.3 Å². The SMILES string of the molecule is NC(=O)Nc1sc(-c2cccc(Cl)c2)cc1C(=O)O. The number of aromatic carboxylic acids is 1. The average molecular weight is 297 g/mol. The molecule has 0 saturated heterocycles. The highest BCUT2D eigenvalue weighted by molar-refractivity contribution is 7.20. The fourth-order valence-electron chi connectivity index (χ4n) is 1.54. The van der Waals surface area contributed by atoms with E-state index in [0.29, 0.717) is 9.90 Å². The Morgan fingerprint density at radius 2 is 2.05 bits per heavy atom. The summed E-state index contributed by atoms with van der Waals surface area (Å²) in [7, 11) is 0. The number of rotatable bonds is 3. The molecule has 1 aromatic heterocycles. The van der Waals surface area contributed by atoms with E-state index in [-0.39, 0.29) is 10.6 Å². The molecule has 7 heteroatoms. The Morgan fingerprint density at radius 1 is 1.32 bits per heavy atom. The summed E-state index contributed by atoms with van der Waals surface area (Å²) in [4.78, 5) is 22.6. The van der Waals surface area contributed by atoms with Crippen molar-refractivity contribution < 1.29 is 14.7 Å². The van der Waals surface area contributed by atoms with Gasteiger partial charge in [0.25, 0.3) is 0 Å². The Bertz CT molecular complexity index is 654. The molecule has 19 heavy (non-hydrogen) atoms. The fraction of sp³-hybridized carbons (Fsp3) is 0. The van der Waals surface area contributed by atoms with Gasteiger partial charge >= 0.3 is 12.0 Å². The molecule has 0 aliphatic carbocycles. The maximum absolute atomic E-state index is 11.1. The summed E-state index contributed by atoms with van der Waals surface area (Å²) in [6.07, 6.45) is 0. The van der Waals surface area contributed by atoms with Crippen molar-refractivity contribution in [2.45, 2.75) is 0 Å². The number of anilines is 1. The van der Waals surface area contributed by atoms with Crippen molar-refractivity contribution in [3.8, 4) is 10.4 Å². The second-order valence-corrected chi connectivity index (χ2v) is 5.15. The second-order valence-electron chi connectivity index (χ2n) is 3.66. The molecular formula is C12H9ClN2O3S. The second kappa shape index (κ2) is 5.29. The molecule has 0 aliphatic rings. The number of carbonyl (C=O) groups excluding carboxylic acids is 1. The summed E-state index contributed by atoms with van der Waals surface area (Å²) in [6, 6.07) is 7.68. The molecule has 0 atom stereocenters. The van der Waals surface area contributed by atoms with Gasteiger partial charge in [0, 0.05) is 9.90 Å². The molecule has 1 aromatic carbocycles. The van der Waals surface area contributed by atoms with Crippen LogP contribution in [0.4, 0.5) is 9.80 Å². The molecule has 0 bridgehead atoms. The molecule has 0 unspecified atom stereocenters. The van der Waals surface area contributed by atoms with E-state index in [0.717, 1.165) is 16.9 Å². The third-order valence-corrected chi connectivity index (χ3v) is 3.64. The number of primary amides is 1. The molecule has 0 radical (unpaired) electrons. The van der Waals surface area contributed by atoms with E-state index >= 15 is 0 Å². The van der Waals surface area contributed by atoms with Crippen molar-refractivity contribution in [2.75, 3.05) is 5.32 Å². The van der Waals surface area contributed by atoms with Gasteiger partial charge in [-0.3, -0.25) is 5.32 Å². The van der Waals surface area contributed by atoms with E-state index in [1.54, 1.807) is 24.3 Å². The van der Waals surface area contributed by atoms with Crippen molar-refractivity contribution in [3.63, 3.8) is 0 Å². The Hall–Kier alpha value is -2.05. The summed E-state index contributed by atoms with van der Waals surface area (Å²) in [5, 5.41) is 12.1. The number of carboxylic acid groups (broad SMARTS) is 1. The number of hydrogen-bond donors (Lipinski definition) is 3. The van der Waals surface area contributed by atoms with Crippen LogP contribution in [0.2, 0.25) is 5.02 Å². The van der Waals surface area contributed by atoms with Gasteiger partial charge in [-0.05, 0) is 23.8 Å². The number of amides is 2.